The zero-order valence-electron chi connectivity index (χ0n) is 5.14. The highest BCUT2D eigenvalue weighted by Crippen LogP contribution is 2.17. The molecule has 0 atom stereocenters. The van der Waals surface area contributed by atoms with E-state index in [0.29, 0.717) is 0 Å². The molecule has 0 N–H and O–H groups in total. The fourth-order valence-corrected chi connectivity index (χ4v) is 0.257. The molecule has 0 heterocycles. The highest BCUT2D eigenvalue weighted by molar-refractivity contribution is 5.90. The van der Waals surface area contributed by atoms with Gasteiger partial charge in [-0.2, -0.15) is 13.2 Å². The summed E-state index contributed by atoms with van der Waals surface area (Å²) in [6.45, 7) is 2.67. The summed E-state index contributed by atoms with van der Waals surface area (Å²) >= 11 is 0. The second kappa shape index (κ2) is 3.19. The van der Waals surface area contributed by atoms with Crippen LogP contribution in [0.25, 0.3) is 0 Å². The van der Waals surface area contributed by atoms with Crippen molar-refractivity contribution in [2.24, 2.45) is 10.1 Å². The highest BCUT2D eigenvalue weighted by Gasteiger charge is 2.36. The van der Waals surface area contributed by atoms with Gasteiger partial charge in [-0.3, -0.25) is 0 Å². The highest BCUT2D eigenvalue weighted by atomic mass is 19.4. The Morgan fingerprint density at radius 3 is 2.10 bits per heavy atom. The molecule has 0 bridgehead atoms. The number of oxime groups is 1. The Bertz CT molecular complexity index is 151. The number of halogens is 3. The second-order valence-corrected chi connectivity index (χ2v) is 1.25. The second-order valence-electron chi connectivity index (χ2n) is 1.25. The molecule has 10 heavy (non-hydrogen) atoms. The summed E-state index contributed by atoms with van der Waals surface area (Å²) in [5.74, 6) is -1.38. The van der Waals surface area contributed by atoms with Gasteiger partial charge in [0.05, 0.1) is 0 Å². The lowest BCUT2D eigenvalue weighted by molar-refractivity contribution is -0.0624. The van der Waals surface area contributed by atoms with Crippen molar-refractivity contribution in [2.45, 2.75) is 6.18 Å². The lowest BCUT2D eigenvalue weighted by Gasteiger charge is -2.02. The molecule has 0 saturated carbocycles. The molecule has 0 fully saturated rings. The predicted molar refractivity (Wildman–Crippen MR) is 30.0 cm³/mol. The molecule has 0 unspecified atom stereocenters. The number of alkyl halides is 3. The largest absolute Gasteiger partial charge is 0.454 e. The van der Waals surface area contributed by atoms with Crippen LogP contribution >= 0.6 is 0 Å². The minimum absolute atomic E-state index is 0.997. The summed E-state index contributed by atoms with van der Waals surface area (Å²) < 4.78 is 34.7. The number of hydrogen-bond acceptors (Lipinski definition) is 2. The van der Waals surface area contributed by atoms with Crippen LogP contribution in [-0.2, 0) is 4.84 Å². The normalized spacial score (nSPS) is 13.0. The summed E-state index contributed by atoms with van der Waals surface area (Å²) in [7, 11) is 0.997. The van der Waals surface area contributed by atoms with Crippen LogP contribution < -0.4 is 0 Å². The van der Waals surface area contributed by atoms with Crippen LogP contribution in [0.5, 0.6) is 0 Å². The van der Waals surface area contributed by atoms with E-state index in [9.17, 15) is 13.2 Å². The molecule has 0 aromatic carbocycles. The third kappa shape index (κ3) is 2.47. The van der Waals surface area contributed by atoms with Crippen molar-refractivity contribution in [3.63, 3.8) is 0 Å². The third-order valence-corrected chi connectivity index (χ3v) is 0.581. The Labute approximate surface area is 55.2 Å². The fourth-order valence-electron chi connectivity index (χ4n) is 0.257. The van der Waals surface area contributed by atoms with Crippen molar-refractivity contribution >= 4 is 12.6 Å². The lowest BCUT2D eigenvalue weighted by Crippen LogP contribution is -2.20. The van der Waals surface area contributed by atoms with E-state index in [1.165, 1.54) is 0 Å². The summed E-state index contributed by atoms with van der Waals surface area (Å²) in [4.78, 5) is 6.45. The monoisotopic (exact) mass is 154 g/mol. The third-order valence-electron chi connectivity index (χ3n) is 0.581. The number of amidine groups is 1. The Kier molecular flexibility index (Phi) is 2.85. The molecule has 0 saturated heterocycles. The van der Waals surface area contributed by atoms with Crippen LogP contribution in [-0.4, -0.2) is 25.8 Å². The maximum Gasteiger partial charge on any atom is 0.454 e. The molecule has 3 nitrogen and oxygen atoms in total. The number of hydrogen-bond donors (Lipinski definition) is 0. The van der Waals surface area contributed by atoms with Crippen molar-refractivity contribution in [2.75, 3.05) is 7.11 Å². The average molecular weight is 154 g/mol. The number of nitrogens with zero attached hydrogens (tertiary/aromatic N) is 2. The molecular weight excluding hydrogens is 149 g/mol. The first-order valence-electron chi connectivity index (χ1n) is 2.17. The zero-order valence-corrected chi connectivity index (χ0v) is 5.14. The van der Waals surface area contributed by atoms with Gasteiger partial charge in [-0.05, 0) is 6.72 Å². The zero-order chi connectivity index (χ0) is 8.20. The molecule has 0 aliphatic carbocycles. The van der Waals surface area contributed by atoms with E-state index in [-0.39, 0.29) is 0 Å². The van der Waals surface area contributed by atoms with Gasteiger partial charge >= 0.3 is 6.18 Å². The van der Waals surface area contributed by atoms with Gasteiger partial charge in [-0.15, -0.1) is 0 Å². The summed E-state index contributed by atoms with van der Waals surface area (Å²) in [6, 6.07) is 0. The van der Waals surface area contributed by atoms with E-state index in [1.807, 2.05) is 0 Å². The Balaban J connectivity index is 4.36. The van der Waals surface area contributed by atoms with E-state index >= 15 is 0 Å². The van der Waals surface area contributed by atoms with Crippen molar-refractivity contribution in [3.8, 4) is 0 Å². The van der Waals surface area contributed by atoms with Gasteiger partial charge in [0.15, 0.2) is 0 Å². The first-order chi connectivity index (χ1) is 4.52. The minimum Gasteiger partial charge on any atom is -0.397 e. The van der Waals surface area contributed by atoms with Crippen LogP contribution in [0.4, 0.5) is 13.2 Å². The summed E-state index contributed by atoms with van der Waals surface area (Å²) in [5, 5.41) is 2.58. The Morgan fingerprint density at radius 1 is 1.50 bits per heavy atom. The van der Waals surface area contributed by atoms with Crippen LogP contribution in [0.3, 0.4) is 0 Å². The lowest BCUT2D eigenvalue weighted by atomic mass is 10.6. The topological polar surface area (TPSA) is 34.0 Å². The van der Waals surface area contributed by atoms with Crippen LogP contribution in [0.15, 0.2) is 10.1 Å². The van der Waals surface area contributed by atoms with E-state index in [0.717, 1.165) is 7.11 Å². The van der Waals surface area contributed by atoms with Gasteiger partial charge < -0.3 is 4.84 Å². The quantitative estimate of drug-likeness (QED) is 0.317. The molecule has 0 aliphatic heterocycles. The van der Waals surface area contributed by atoms with Gasteiger partial charge in [-0.1, -0.05) is 5.16 Å². The van der Waals surface area contributed by atoms with Crippen molar-refractivity contribution in [1.82, 2.24) is 0 Å². The maximum atomic E-state index is 11.6. The predicted octanol–water partition coefficient (Wildman–Crippen LogP) is 1.21. The fraction of sp³-hybridized carbons (Fsp3) is 0.500. The molecule has 0 radical (unpaired) electrons. The molecule has 0 aromatic rings. The van der Waals surface area contributed by atoms with E-state index in [4.69, 9.17) is 0 Å². The summed E-state index contributed by atoms with van der Waals surface area (Å²) in [6.07, 6.45) is -4.59. The van der Waals surface area contributed by atoms with E-state index in [2.05, 4.69) is 21.7 Å². The van der Waals surface area contributed by atoms with Crippen molar-refractivity contribution in [3.05, 3.63) is 0 Å². The van der Waals surface area contributed by atoms with Gasteiger partial charge in [-0.25, -0.2) is 4.99 Å². The minimum atomic E-state index is -4.59. The number of aliphatic imine (C=N–C) groups is 1. The first-order valence-corrected chi connectivity index (χ1v) is 2.17. The van der Waals surface area contributed by atoms with Gasteiger partial charge in [0.2, 0.25) is 0 Å². The Morgan fingerprint density at radius 2 is 2.00 bits per heavy atom. The van der Waals surface area contributed by atoms with Crippen molar-refractivity contribution in [1.29, 1.82) is 0 Å². The van der Waals surface area contributed by atoms with Gasteiger partial charge in [0.1, 0.15) is 7.11 Å². The van der Waals surface area contributed by atoms with Gasteiger partial charge in [0, 0.05) is 0 Å². The molecule has 0 aromatic heterocycles. The Hall–Kier alpha value is -1.07. The van der Waals surface area contributed by atoms with Crippen LogP contribution in [0, 0.1) is 0 Å². The molecular formula is C4H5F3N2O. The van der Waals surface area contributed by atoms with Crippen LogP contribution in [0.2, 0.25) is 0 Å². The maximum absolute atomic E-state index is 11.6. The molecule has 58 valence electrons. The van der Waals surface area contributed by atoms with E-state index < -0.39 is 12.0 Å². The molecule has 0 amide bonds. The molecule has 0 spiro atoms. The molecule has 6 heteroatoms. The molecule has 0 aliphatic rings. The number of rotatable bonds is 1. The molecule has 0 rings (SSSR count). The first kappa shape index (κ1) is 8.93. The average Bonchev–Trinajstić information content (AvgIpc) is 1.80. The smallest absolute Gasteiger partial charge is 0.397 e. The van der Waals surface area contributed by atoms with E-state index in [1.54, 1.807) is 0 Å². The summed E-state index contributed by atoms with van der Waals surface area (Å²) in [5.41, 5.74) is 0. The van der Waals surface area contributed by atoms with Crippen LogP contribution in [0.1, 0.15) is 0 Å². The van der Waals surface area contributed by atoms with Crippen molar-refractivity contribution < 1.29 is 18.0 Å². The SMILES string of the molecule is C=N/C(=N\OC)C(F)(F)F. The van der Waals surface area contributed by atoms with Gasteiger partial charge in [0.25, 0.3) is 5.84 Å². The standard InChI is InChI=1S/C4H5F3N2O/c1-8-3(9-10-2)4(5,6)7/h1H2,2H3/b9-3-.